The van der Waals surface area contributed by atoms with Crippen molar-refractivity contribution in [3.63, 3.8) is 0 Å². The van der Waals surface area contributed by atoms with E-state index in [1.807, 2.05) is 0 Å². The van der Waals surface area contributed by atoms with Gasteiger partial charge in [0.25, 0.3) is 5.78 Å². The molecule has 0 fully saturated rings. The number of carbonyl (C=O) groups excluding carboxylic acids is 2. The van der Waals surface area contributed by atoms with E-state index in [9.17, 15) is 71.5 Å². The van der Waals surface area contributed by atoms with Crippen LogP contribution in [0.5, 0.6) is 0 Å². The monoisotopic (exact) mass is 420 g/mol. The van der Waals surface area contributed by atoms with Gasteiger partial charge in [-0.1, -0.05) is 0 Å². The van der Waals surface area contributed by atoms with Gasteiger partial charge < -0.3 is 5.11 Å². The molecule has 0 aromatic rings. The molecule has 0 aliphatic heterocycles. The van der Waals surface area contributed by atoms with Crippen LogP contribution in [-0.2, 0) is 14.4 Å². The van der Waals surface area contributed by atoms with Gasteiger partial charge in [-0.3, -0.25) is 9.59 Å². The Balaban J connectivity index is 6.51. The molecule has 0 radical (unpaired) electrons. The number of hydrogen-bond donors (Lipinski definition) is 1. The van der Waals surface area contributed by atoms with Gasteiger partial charge in [0.1, 0.15) is 0 Å². The number of carboxylic acid groups (broad SMARTS) is 1. The average molecular weight is 420 g/mol. The van der Waals surface area contributed by atoms with E-state index >= 15 is 0 Å². The lowest BCUT2D eigenvalue weighted by atomic mass is 9.88. The molecule has 0 saturated carbocycles. The summed E-state index contributed by atoms with van der Waals surface area (Å²) in [6.07, 6.45) is -14.1. The molecular formula is C9HF13O4. The fourth-order valence-corrected chi connectivity index (χ4v) is 1.22. The highest BCUT2D eigenvalue weighted by atomic mass is 19.4. The minimum atomic E-state index is -7.89. The van der Waals surface area contributed by atoms with E-state index in [-0.39, 0.29) is 0 Å². The van der Waals surface area contributed by atoms with Crippen LogP contribution in [0.4, 0.5) is 57.1 Å². The predicted molar refractivity (Wildman–Crippen MR) is 48.4 cm³/mol. The molecule has 26 heavy (non-hydrogen) atoms. The highest BCUT2D eigenvalue weighted by molar-refractivity contribution is 6.11. The molecule has 4 nitrogen and oxygen atoms in total. The first-order valence-electron chi connectivity index (χ1n) is 5.29. The molecular weight excluding hydrogens is 419 g/mol. The summed E-state index contributed by atoms with van der Waals surface area (Å²) >= 11 is 0. The average Bonchev–Trinajstić information content (AvgIpc) is 2.41. The number of ketones is 2. The van der Waals surface area contributed by atoms with Crippen LogP contribution >= 0.6 is 0 Å². The maximum absolute atomic E-state index is 13.2. The Morgan fingerprint density at radius 1 is 0.577 bits per heavy atom. The molecule has 0 heterocycles. The quantitative estimate of drug-likeness (QED) is 0.530. The van der Waals surface area contributed by atoms with Crippen LogP contribution in [0.3, 0.4) is 0 Å². The first-order chi connectivity index (χ1) is 11.0. The molecule has 0 amide bonds. The lowest BCUT2D eigenvalue weighted by Crippen LogP contribution is -2.69. The lowest BCUT2D eigenvalue weighted by molar-refractivity contribution is -0.305. The number of aliphatic carboxylic acids is 1. The van der Waals surface area contributed by atoms with Gasteiger partial charge in [0.15, 0.2) is 0 Å². The van der Waals surface area contributed by atoms with Gasteiger partial charge in [-0.15, -0.1) is 0 Å². The van der Waals surface area contributed by atoms with Crippen molar-refractivity contribution in [2.45, 2.75) is 35.8 Å². The standard InChI is InChI=1S/C9HF13O4/c10-4(3(25)26,9(20,21)22)1(23)5(11,12)8(18,19)6(13,14)2(24)7(15,16)17/h(H,25,26). The van der Waals surface area contributed by atoms with E-state index in [1.54, 1.807) is 0 Å². The molecule has 1 unspecified atom stereocenters. The Kier molecular flexibility index (Phi) is 5.49. The summed E-state index contributed by atoms with van der Waals surface area (Å²) in [6, 6.07) is 0. The van der Waals surface area contributed by atoms with Crippen LogP contribution < -0.4 is 0 Å². The minimum absolute atomic E-state index is 4.20. The summed E-state index contributed by atoms with van der Waals surface area (Å²) in [5.41, 5.74) is -6.91. The van der Waals surface area contributed by atoms with Crippen LogP contribution in [0.25, 0.3) is 0 Å². The van der Waals surface area contributed by atoms with E-state index < -0.39 is 53.3 Å². The number of Topliss-reactive ketones (excluding diaryl/α,β-unsaturated/α-hetero) is 2. The summed E-state index contributed by atoms with van der Waals surface area (Å²) in [5, 5.41) is 7.88. The third-order valence-corrected chi connectivity index (χ3v) is 2.61. The Labute approximate surface area is 131 Å². The van der Waals surface area contributed by atoms with E-state index in [2.05, 4.69) is 0 Å². The maximum Gasteiger partial charge on any atom is 0.456 e. The Bertz CT molecular complexity index is 616. The number of carboxylic acids is 1. The second-order valence-corrected chi connectivity index (χ2v) is 4.34. The highest BCUT2D eigenvalue weighted by Gasteiger charge is 2.85. The van der Waals surface area contributed by atoms with Gasteiger partial charge in [-0.25, -0.2) is 9.18 Å². The maximum atomic E-state index is 13.2. The first kappa shape index (κ1) is 23.9. The van der Waals surface area contributed by atoms with E-state index in [1.165, 1.54) is 0 Å². The minimum Gasteiger partial charge on any atom is -0.478 e. The van der Waals surface area contributed by atoms with Crippen LogP contribution in [0.1, 0.15) is 0 Å². The van der Waals surface area contributed by atoms with Crippen molar-refractivity contribution in [3.8, 4) is 0 Å². The van der Waals surface area contributed by atoms with E-state index in [0.717, 1.165) is 0 Å². The summed E-state index contributed by atoms with van der Waals surface area (Å²) in [6.45, 7) is 0. The number of alkyl halides is 13. The molecule has 0 spiro atoms. The fourth-order valence-electron chi connectivity index (χ4n) is 1.22. The second kappa shape index (κ2) is 5.97. The number of hydrogen-bond acceptors (Lipinski definition) is 3. The third kappa shape index (κ3) is 3.17. The van der Waals surface area contributed by atoms with Crippen molar-refractivity contribution in [3.05, 3.63) is 0 Å². The molecule has 0 aromatic carbocycles. The molecule has 0 saturated heterocycles. The summed E-state index contributed by atoms with van der Waals surface area (Å²) < 4.78 is 163. The molecule has 1 atom stereocenters. The summed E-state index contributed by atoms with van der Waals surface area (Å²) in [4.78, 5) is 31.0. The van der Waals surface area contributed by atoms with Crippen molar-refractivity contribution >= 4 is 17.5 Å². The predicted octanol–water partition coefficient (Wildman–Crippen LogP) is 2.95. The number of halogens is 13. The molecule has 0 rings (SSSR count). The number of rotatable bonds is 6. The van der Waals surface area contributed by atoms with Gasteiger partial charge in [0.2, 0.25) is 0 Å². The van der Waals surface area contributed by atoms with Crippen molar-refractivity contribution in [1.29, 1.82) is 0 Å². The molecule has 0 aliphatic rings. The van der Waals surface area contributed by atoms with Crippen LogP contribution in [-0.4, -0.2) is 58.4 Å². The molecule has 0 aromatic heterocycles. The van der Waals surface area contributed by atoms with Crippen LogP contribution in [0.15, 0.2) is 0 Å². The molecule has 17 heteroatoms. The zero-order chi connectivity index (χ0) is 21.7. The smallest absolute Gasteiger partial charge is 0.456 e. The second-order valence-electron chi connectivity index (χ2n) is 4.34. The highest BCUT2D eigenvalue weighted by Crippen LogP contribution is 2.52. The van der Waals surface area contributed by atoms with Gasteiger partial charge >= 0.3 is 47.5 Å². The first-order valence-corrected chi connectivity index (χ1v) is 5.29. The van der Waals surface area contributed by atoms with Crippen LogP contribution in [0, 0.1) is 0 Å². The van der Waals surface area contributed by atoms with Crippen LogP contribution in [0.2, 0.25) is 0 Å². The fraction of sp³-hybridized carbons (Fsp3) is 0.667. The molecule has 0 bridgehead atoms. The van der Waals surface area contributed by atoms with Crippen molar-refractivity contribution in [2.24, 2.45) is 0 Å². The third-order valence-electron chi connectivity index (χ3n) is 2.61. The lowest BCUT2D eigenvalue weighted by Gasteiger charge is -2.34. The topological polar surface area (TPSA) is 71.4 Å². The van der Waals surface area contributed by atoms with E-state index in [4.69, 9.17) is 5.11 Å². The largest absolute Gasteiger partial charge is 0.478 e. The summed E-state index contributed by atoms with van der Waals surface area (Å²) in [5.74, 6) is -37.3. The van der Waals surface area contributed by atoms with Crippen molar-refractivity contribution in [2.75, 3.05) is 0 Å². The Morgan fingerprint density at radius 2 is 0.885 bits per heavy atom. The Hall–Kier alpha value is -2.10. The normalized spacial score (nSPS) is 16.8. The van der Waals surface area contributed by atoms with Gasteiger partial charge in [-0.05, 0) is 0 Å². The summed E-state index contributed by atoms with van der Waals surface area (Å²) in [7, 11) is 0. The zero-order valence-electron chi connectivity index (χ0n) is 11.1. The van der Waals surface area contributed by atoms with Crippen molar-refractivity contribution < 1.29 is 76.6 Å². The van der Waals surface area contributed by atoms with Gasteiger partial charge in [0.05, 0.1) is 0 Å². The SMILES string of the molecule is O=C(C(F)(F)F)C(F)(F)C(F)(F)C(F)(F)C(=O)C(F)(C(=O)O)C(F)(F)F. The Morgan fingerprint density at radius 3 is 1.12 bits per heavy atom. The number of carbonyl (C=O) groups is 3. The van der Waals surface area contributed by atoms with Gasteiger partial charge in [-0.2, -0.15) is 52.7 Å². The van der Waals surface area contributed by atoms with Crippen molar-refractivity contribution in [1.82, 2.24) is 0 Å². The molecule has 152 valence electrons. The van der Waals surface area contributed by atoms with E-state index in [0.29, 0.717) is 0 Å². The van der Waals surface area contributed by atoms with Gasteiger partial charge in [0, 0.05) is 0 Å². The molecule has 1 N–H and O–H groups in total. The molecule has 0 aliphatic carbocycles. The zero-order valence-corrected chi connectivity index (χ0v) is 11.1.